The van der Waals surface area contributed by atoms with E-state index < -0.39 is 0 Å². The normalized spacial score (nSPS) is 17.3. The minimum atomic E-state index is -0.0489. The third-order valence-electron chi connectivity index (χ3n) is 4.61. The number of fused-ring (bicyclic) bond motifs is 1. The number of carbonyl (C=O) groups is 1. The molecule has 1 fully saturated rings. The van der Waals surface area contributed by atoms with Gasteiger partial charge in [-0.25, -0.2) is 9.97 Å². The minimum absolute atomic E-state index is 0.0489. The lowest BCUT2D eigenvalue weighted by molar-refractivity contribution is 0.0781. The van der Waals surface area contributed by atoms with Crippen LogP contribution in [-0.4, -0.2) is 55.1 Å². The van der Waals surface area contributed by atoms with Crippen molar-refractivity contribution in [3.05, 3.63) is 54.2 Å². The minimum Gasteiger partial charge on any atom is -0.396 e. The molecule has 0 spiro atoms. The molecule has 0 bridgehead atoms. The molecule has 4 rings (SSSR count). The lowest BCUT2D eigenvalue weighted by Gasteiger charge is -2.15. The predicted octanol–water partition coefficient (Wildman–Crippen LogP) is 1.33. The van der Waals surface area contributed by atoms with Crippen LogP contribution in [0.1, 0.15) is 22.3 Å². The van der Waals surface area contributed by atoms with Crippen LogP contribution in [0.5, 0.6) is 0 Å². The van der Waals surface area contributed by atoms with Gasteiger partial charge in [0.15, 0.2) is 5.65 Å². The molecule has 0 aliphatic carbocycles. The third-order valence-corrected chi connectivity index (χ3v) is 4.61. The van der Waals surface area contributed by atoms with Gasteiger partial charge in [-0.1, -0.05) is 6.07 Å². The van der Waals surface area contributed by atoms with Crippen LogP contribution in [0.3, 0.4) is 0 Å². The summed E-state index contributed by atoms with van der Waals surface area (Å²) in [6.07, 6.45) is 7.74. The highest BCUT2D eigenvalue weighted by Gasteiger charge is 2.26. The van der Waals surface area contributed by atoms with Gasteiger partial charge in [-0.05, 0) is 24.1 Å². The fraction of sp³-hybridized carbons (Fsp3) is 0.333. The van der Waals surface area contributed by atoms with Crippen LogP contribution < -0.4 is 0 Å². The number of pyridine rings is 2. The van der Waals surface area contributed by atoms with Crippen molar-refractivity contribution in [2.45, 2.75) is 13.0 Å². The van der Waals surface area contributed by atoms with Crippen LogP contribution in [-0.2, 0) is 6.54 Å². The van der Waals surface area contributed by atoms with Crippen LogP contribution in [0.4, 0.5) is 0 Å². The summed E-state index contributed by atoms with van der Waals surface area (Å²) in [7, 11) is 0. The molecule has 1 unspecified atom stereocenters. The number of aliphatic hydroxyl groups excluding tert-OH is 1. The summed E-state index contributed by atoms with van der Waals surface area (Å²) in [6, 6.07) is 5.69. The molecule has 0 radical (unpaired) electrons. The van der Waals surface area contributed by atoms with Crippen molar-refractivity contribution >= 4 is 17.1 Å². The van der Waals surface area contributed by atoms with E-state index in [2.05, 4.69) is 15.0 Å². The van der Waals surface area contributed by atoms with E-state index in [0.29, 0.717) is 30.7 Å². The Hall–Kier alpha value is -2.80. The maximum absolute atomic E-state index is 12.6. The molecule has 0 saturated carbocycles. The standard InChI is InChI=1S/C18H19N5O2/c24-11-14-3-5-22(10-14)18(25)15-6-16-17(20-8-15)23(12-21-16)9-13-2-1-4-19-7-13/h1-2,4,6-8,12,14,24H,3,5,9-11H2. The van der Waals surface area contributed by atoms with Gasteiger partial charge in [-0.3, -0.25) is 9.78 Å². The molecular weight excluding hydrogens is 318 g/mol. The molecule has 3 aromatic rings. The second-order valence-corrected chi connectivity index (χ2v) is 6.39. The smallest absolute Gasteiger partial charge is 0.255 e. The molecule has 1 N–H and O–H groups in total. The van der Waals surface area contributed by atoms with E-state index in [1.807, 2.05) is 22.9 Å². The molecular formula is C18H19N5O2. The van der Waals surface area contributed by atoms with Gasteiger partial charge >= 0.3 is 0 Å². The Kier molecular flexibility index (Phi) is 4.15. The molecule has 1 amide bonds. The first-order valence-electron chi connectivity index (χ1n) is 8.34. The molecule has 7 nitrogen and oxygen atoms in total. The quantitative estimate of drug-likeness (QED) is 0.776. The van der Waals surface area contributed by atoms with Gasteiger partial charge in [-0.2, -0.15) is 0 Å². The molecule has 4 heterocycles. The Bertz CT molecular complexity index is 893. The highest BCUT2D eigenvalue weighted by atomic mass is 16.3. The molecule has 25 heavy (non-hydrogen) atoms. The van der Waals surface area contributed by atoms with Crippen LogP contribution in [0.15, 0.2) is 43.1 Å². The number of likely N-dealkylation sites (tertiary alicyclic amines) is 1. The fourth-order valence-electron chi connectivity index (χ4n) is 3.22. The molecule has 128 valence electrons. The Morgan fingerprint density at radius 2 is 2.24 bits per heavy atom. The topological polar surface area (TPSA) is 84.1 Å². The first kappa shape index (κ1) is 15.7. The van der Waals surface area contributed by atoms with E-state index in [4.69, 9.17) is 0 Å². The average Bonchev–Trinajstić information content (AvgIpc) is 3.29. The van der Waals surface area contributed by atoms with Gasteiger partial charge in [0.05, 0.1) is 18.4 Å². The zero-order chi connectivity index (χ0) is 17.2. The molecule has 1 saturated heterocycles. The Balaban J connectivity index is 1.56. The van der Waals surface area contributed by atoms with Gasteiger partial charge in [0.2, 0.25) is 0 Å². The summed E-state index contributed by atoms with van der Waals surface area (Å²) in [5, 5.41) is 9.23. The maximum Gasteiger partial charge on any atom is 0.255 e. The van der Waals surface area contributed by atoms with E-state index in [-0.39, 0.29) is 18.4 Å². The number of hydrogen-bond donors (Lipinski definition) is 1. The van der Waals surface area contributed by atoms with Gasteiger partial charge < -0.3 is 14.6 Å². The summed E-state index contributed by atoms with van der Waals surface area (Å²) >= 11 is 0. The fourth-order valence-corrected chi connectivity index (χ4v) is 3.22. The van der Waals surface area contributed by atoms with Crippen LogP contribution >= 0.6 is 0 Å². The Morgan fingerprint density at radius 3 is 3.00 bits per heavy atom. The number of rotatable bonds is 4. The summed E-state index contributed by atoms with van der Waals surface area (Å²) in [4.78, 5) is 27.3. The largest absolute Gasteiger partial charge is 0.396 e. The van der Waals surface area contributed by atoms with Crippen molar-refractivity contribution < 1.29 is 9.90 Å². The zero-order valence-corrected chi connectivity index (χ0v) is 13.7. The highest BCUT2D eigenvalue weighted by Crippen LogP contribution is 2.20. The number of amides is 1. The van der Waals surface area contributed by atoms with Gasteiger partial charge in [0.1, 0.15) is 5.52 Å². The summed E-state index contributed by atoms with van der Waals surface area (Å²) in [5.74, 6) is 0.131. The second kappa shape index (κ2) is 6.60. The van der Waals surface area contributed by atoms with Crippen LogP contribution in [0.25, 0.3) is 11.2 Å². The van der Waals surface area contributed by atoms with Gasteiger partial charge in [0.25, 0.3) is 5.91 Å². The van der Waals surface area contributed by atoms with Crippen molar-refractivity contribution in [2.24, 2.45) is 5.92 Å². The first-order chi connectivity index (χ1) is 12.2. The zero-order valence-electron chi connectivity index (χ0n) is 13.7. The number of nitrogens with zero attached hydrogens (tertiary/aromatic N) is 5. The number of aromatic nitrogens is 4. The Morgan fingerprint density at radius 1 is 1.32 bits per heavy atom. The lowest BCUT2D eigenvalue weighted by atomic mass is 10.1. The monoisotopic (exact) mass is 337 g/mol. The van der Waals surface area contributed by atoms with E-state index in [0.717, 1.165) is 17.6 Å². The van der Waals surface area contributed by atoms with Gasteiger partial charge in [0, 0.05) is 44.2 Å². The molecule has 3 aromatic heterocycles. The van der Waals surface area contributed by atoms with Crippen LogP contribution in [0.2, 0.25) is 0 Å². The molecule has 1 aliphatic rings. The summed E-state index contributed by atoms with van der Waals surface area (Å²) in [6.45, 7) is 2.04. The van der Waals surface area contributed by atoms with Crippen molar-refractivity contribution in [3.8, 4) is 0 Å². The first-order valence-corrected chi connectivity index (χ1v) is 8.34. The van der Waals surface area contributed by atoms with E-state index in [1.165, 1.54) is 0 Å². The van der Waals surface area contributed by atoms with Crippen LogP contribution in [0, 0.1) is 5.92 Å². The summed E-state index contributed by atoms with van der Waals surface area (Å²) in [5.41, 5.74) is 3.05. The van der Waals surface area contributed by atoms with E-state index in [1.54, 1.807) is 29.7 Å². The third kappa shape index (κ3) is 3.10. The lowest BCUT2D eigenvalue weighted by Crippen LogP contribution is -2.29. The average molecular weight is 337 g/mol. The van der Waals surface area contributed by atoms with Crippen molar-refractivity contribution in [3.63, 3.8) is 0 Å². The molecule has 7 heteroatoms. The van der Waals surface area contributed by atoms with Crippen molar-refractivity contribution in [1.29, 1.82) is 0 Å². The Labute approximate surface area is 145 Å². The second-order valence-electron chi connectivity index (χ2n) is 6.39. The molecule has 1 aliphatic heterocycles. The molecule has 0 aromatic carbocycles. The van der Waals surface area contributed by atoms with Crippen molar-refractivity contribution in [2.75, 3.05) is 19.7 Å². The van der Waals surface area contributed by atoms with Crippen molar-refractivity contribution in [1.82, 2.24) is 24.4 Å². The van der Waals surface area contributed by atoms with E-state index >= 15 is 0 Å². The van der Waals surface area contributed by atoms with E-state index in [9.17, 15) is 9.90 Å². The predicted molar refractivity (Wildman–Crippen MR) is 92.0 cm³/mol. The number of imidazole rings is 1. The number of aliphatic hydroxyl groups is 1. The maximum atomic E-state index is 12.6. The number of hydrogen-bond acceptors (Lipinski definition) is 5. The van der Waals surface area contributed by atoms with Gasteiger partial charge in [-0.15, -0.1) is 0 Å². The summed E-state index contributed by atoms with van der Waals surface area (Å²) < 4.78 is 1.94. The highest BCUT2D eigenvalue weighted by molar-refractivity contribution is 5.96. The SMILES string of the molecule is O=C(c1cnc2c(c1)ncn2Cc1cccnc1)N1CCC(CO)C1. The molecule has 1 atom stereocenters. The number of carbonyl (C=O) groups excluding carboxylic acids is 1.